The van der Waals surface area contributed by atoms with Crippen LogP contribution >= 0.6 is 43.6 Å². The Labute approximate surface area is 114 Å². The number of hydrogen-bond acceptors (Lipinski definition) is 6. The van der Waals surface area contributed by atoms with Crippen LogP contribution in [-0.2, 0) is 28.6 Å². The number of halogens is 2. The second-order valence-corrected chi connectivity index (χ2v) is 7.80. The van der Waals surface area contributed by atoms with Gasteiger partial charge in [-0.15, -0.1) is 0 Å². The zero-order chi connectivity index (χ0) is 9.00. The van der Waals surface area contributed by atoms with E-state index in [9.17, 15) is 0 Å². The molecule has 0 bridgehead atoms. The maximum atomic E-state index is 9.02. The largest absolute Gasteiger partial charge is 2.00 e. The van der Waals surface area contributed by atoms with Crippen molar-refractivity contribution in [1.29, 1.82) is 0 Å². The van der Waals surface area contributed by atoms with E-state index in [0.29, 0.717) is 0 Å². The summed E-state index contributed by atoms with van der Waals surface area (Å²) in [5, 5.41) is 0. The van der Waals surface area contributed by atoms with Crippen LogP contribution in [0.2, 0.25) is 0 Å². The van der Waals surface area contributed by atoms with Crippen molar-refractivity contribution in [3.63, 3.8) is 0 Å². The van der Waals surface area contributed by atoms with Crippen molar-refractivity contribution in [3.8, 4) is 0 Å². The molecule has 0 aliphatic heterocycles. The molecule has 12 heteroatoms. The van der Waals surface area contributed by atoms with Crippen molar-refractivity contribution in [3.05, 3.63) is 0 Å². The summed E-state index contributed by atoms with van der Waals surface area (Å²) in [6, 6.07) is 0. The third kappa shape index (κ3) is 245. The molecule has 0 unspecified atom stereocenters. The summed E-state index contributed by atoms with van der Waals surface area (Å²) in [6.45, 7) is 0. The first-order chi connectivity index (χ1) is 4.00. The van der Waals surface area contributed by atoms with Crippen LogP contribution < -0.4 is 19.6 Å². The van der Waals surface area contributed by atoms with Crippen molar-refractivity contribution in [2.24, 2.45) is 0 Å². The van der Waals surface area contributed by atoms with E-state index in [1.807, 2.05) is 31.0 Å². The van der Waals surface area contributed by atoms with Crippen LogP contribution in [0.1, 0.15) is 0 Å². The summed E-state index contributed by atoms with van der Waals surface area (Å²) >= 11 is 3.64. The molecule has 0 spiro atoms. The van der Waals surface area contributed by atoms with Crippen LogP contribution in [0.3, 0.4) is 0 Å². The Morgan fingerprint density at radius 1 is 0.833 bits per heavy atom. The third-order valence-corrected chi connectivity index (χ3v) is 0. The van der Waals surface area contributed by atoms with Gasteiger partial charge in [0.05, 0.1) is 0 Å². The van der Waals surface area contributed by atoms with Crippen molar-refractivity contribution in [1.82, 2.24) is 0 Å². The molecule has 0 radical (unpaired) electrons. The van der Waals surface area contributed by atoms with E-state index >= 15 is 0 Å². The van der Waals surface area contributed by atoms with Gasteiger partial charge in [-0.1, -0.05) is 31.0 Å². The molecule has 0 aromatic carbocycles. The first-order valence-electron chi connectivity index (χ1n) is 1.43. The normalized spacial score (nSPS) is 9.83. The number of hydrogen-bond donors (Lipinski definition) is 0. The summed E-state index contributed by atoms with van der Waals surface area (Å²) in [5.74, 6) is 0. The summed E-state index contributed by atoms with van der Waals surface area (Å²) in [6.07, 6.45) is -8.65. The molecule has 0 atom stereocenters. The second-order valence-electron chi connectivity index (χ2n) is 0.861. The van der Waals surface area contributed by atoms with E-state index in [-0.39, 0.29) is 42.5 Å². The minimum atomic E-state index is -4.33. The van der Waals surface area contributed by atoms with Gasteiger partial charge in [0.25, 0.3) is 0 Å². The molecular formula is Br2MgO6P2Zn. The molecule has 0 fully saturated rings. The molecule has 0 saturated heterocycles. The van der Waals surface area contributed by atoms with Crippen LogP contribution in [0.15, 0.2) is 0 Å². The molecule has 0 N–H and O–H groups in total. The Kier molecular flexibility index (Phi) is 20.4. The number of rotatable bonds is 0. The smallest absolute Gasteiger partial charge is 0.803 e. The fourth-order valence-corrected chi connectivity index (χ4v) is 0. The van der Waals surface area contributed by atoms with E-state index in [0.717, 1.165) is 0 Å². The van der Waals surface area contributed by atoms with Crippen LogP contribution in [0.5, 0.6) is 0 Å². The fraction of sp³-hybridized carbons (Fsp3) is 0. The van der Waals surface area contributed by atoms with Gasteiger partial charge >= 0.3 is 42.5 Å². The molecule has 6 nitrogen and oxygen atoms in total. The van der Waals surface area contributed by atoms with Gasteiger partial charge in [0, 0.05) is 12.6 Å². The van der Waals surface area contributed by atoms with Gasteiger partial charge in [-0.25, -0.2) is 0 Å². The van der Waals surface area contributed by atoms with Gasteiger partial charge in [0.2, 0.25) is 0 Å². The Morgan fingerprint density at radius 3 is 0.833 bits per heavy atom. The van der Waals surface area contributed by atoms with E-state index < -0.39 is 12.6 Å². The monoisotopic (exact) mass is 404 g/mol. The summed E-state index contributed by atoms with van der Waals surface area (Å²) in [7, 11) is 0. The molecule has 0 aliphatic rings. The van der Waals surface area contributed by atoms with Gasteiger partial charge in [0.15, 0.2) is 0 Å². The second kappa shape index (κ2) is 10.2. The molecule has 0 aromatic heterocycles. The Balaban J connectivity index is -0.0000000457. The first-order valence-corrected chi connectivity index (χ1v) is 8.56. The fourth-order valence-electron chi connectivity index (χ4n) is 0. The SMILES string of the molecule is O=P([O-])([O-])Br.O=P([O-])([O-])Br.[Mg+2].[Zn+2]. The molecule has 0 aliphatic carbocycles. The van der Waals surface area contributed by atoms with Gasteiger partial charge < -0.3 is 28.7 Å². The molecule has 0 heterocycles. The van der Waals surface area contributed by atoms with E-state index in [4.69, 9.17) is 28.7 Å². The Bertz CT molecular complexity index is 136. The predicted octanol–water partition coefficient (Wildman–Crippen LogP) is -1.96. The standard InChI is InChI=1S/2BrH2O3P.Mg.Zn/c2*1-5(2,3)4;;/h2*(H2,2,3,4);;/q;;2*+2/p-4. The minimum absolute atomic E-state index is 0. The minimum Gasteiger partial charge on any atom is -0.803 e. The van der Waals surface area contributed by atoms with Crippen LogP contribution in [0.25, 0.3) is 0 Å². The molecule has 64 valence electrons. The maximum Gasteiger partial charge on any atom is 2.00 e. The zero-order valence-electron chi connectivity index (χ0n) is 5.51. The van der Waals surface area contributed by atoms with Gasteiger partial charge in [-0.3, -0.25) is 0 Å². The Morgan fingerprint density at radius 2 is 0.833 bits per heavy atom. The quantitative estimate of drug-likeness (QED) is 0.339. The van der Waals surface area contributed by atoms with Crippen molar-refractivity contribution >= 4 is 66.6 Å². The molecule has 0 saturated carbocycles. The third-order valence-electron chi connectivity index (χ3n) is 0. The average Bonchev–Trinajstić information content (AvgIpc) is 1.12. The molecule has 0 aromatic rings. The molecule has 12 heavy (non-hydrogen) atoms. The van der Waals surface area contributed by atoms with Gasteiger partial charge in [-0.2, -0.15) is 0 Å². The Hall–Kier alpha value is 2.65. The average molecular weight is 407 g/mol. The maximum absolute atomic E-state index is 9.02. The van der Waals surface area contributed by atoms with Crippen LogP contribution in [-0.4, -0.2) is 23.1 Å². The van der Waals surface area contributed by atoms with Crippen LogP contribution in [0.4, 0.5) is 0 Å². The van der Waals surface area contributed by atoms with Gasteiger partial charge in [0.1, 0.15) is 0 Å². The summed E-state index contributed by atoms with van der Waals surface area (Å²) in [5.41, 5.74) is 0. The molecule has 0 rings (SSSR count). The van der Waals surface area contributed by atoms with E-state index in [1.54, 1.807) is 0 Å². The van der Waals surface area contributed by atoms with Gasteiger partial charge in [-0.05, 0) is 0 Å². The van der Waals surface area contributed by atoms with Crippen molar-refractivity contribution in [2.75, 3.05) is 0 Å². The predicted molar refractivity (Wildman–Crippen MR) is 38.8 cm³/mol. The van der Waals surface area contributed by atoms with E-state index in [1.165, 1.54) is 0 Å². The zero-order valence-corrected chi connectivity index (χ0v) is 14.9. The van der Waals surface area contributed by atoms with Crippen LogP contribution in [0, 0.1) is 0 Å². The van der Waals surface area contributed by atoms with E-state index in [2.05, 4.69) is 0 Å². The summed E-state index contributed by atoms with van der Waals surface area (Å²) < 4.78 is 18.0. The molecule has 0 amide bonds. The first kappa shape index (κ1) is 24.1. The molecular weight excluding hydrogens is 407 g/mol. The summed E-state index contributed by atoms with van der Waals surface area (Å²) in [4.78, 5) is 36.1. The topological polar surface area (TPSA) is 126 Å². The van der Waals surface area contributed by atoms with Crippen molar-refractivity contribution in [2.45, 2.75) is 0 Å². The van der Waals surface area contributed by atoms with Crippen molar-refractivity contribution < 1.29 is 48.2 Å².